The summed E-state index contributed by atoms with van der Waals surface area (Å²) in [6, 6.07) is 7.21. The second-order valence-electron chi connectivity index (χ2n) is 5.09. The summed E-state index contributed by atoms with van der Waals surface area (Å²) in [6.45, 7) is 3.89. The van der Waals surface area contributed by atoms with Gasteiger partial charge in [0.2, 0.25) is 0 Å². The van der Waals surface area contributed by atoms with E-state index in [2.05, 4.69) is 20.9 Å². The van der Waals surface area contributed by atoms with Crippen LogP contribution < -0.4 is 5.56 Å². The van der Waals surface area contributed by atoms with Crippen molar-refractivity contribution in [3.05, 3.63) is 60.7 Å². The molecule has 0 unspecified atom stereocenters. The summed E-state index contributed by atoms with van der Waals surface area (Å²) in [6.07, 6.45) is 1.44. The van der Waals surface area contributed by atoms with Crippen LogP contribution in [0.25, 0.3) is 10.9 Å². The molecule has 0 aliphatic heterocycles. The Morgan fingerprint density at radius 3 is 2.77 bits per heavy atom. The number of nitrogens with zero attached hydrogens (tertiary/aromatic N) is 2. The van der Waals surface area contributed by atoms with E-state index in [1.165, 1.54) is 10.9 Å². The maximum atomic E-state index is 12.5. The molecule has 0 N–H and O–H groups in total. The van der Waals surface area contributed by atoms with Gasteiger partial charge in [-0.25, -0.2) is 4.98 Å². The fourth-order valence-electron chi connectivity index (χ4n) is 2.39. The third-order valence-electron chi connectivity index (χ3n) is 3.44. The molecule has 1 aromatic carbocycles. The number of hydrogen-bond donors (Lipinski definition) is 0. The first kappa shape index (κ1) is 15.1. The van der Waals surface area contributed by atoms with E-state index in [0.29, 0.717) is 16.5 Å². The lowest BCUT2D eigenvalue weighted by Gasteiger charge is -2.06. The molecule has 3 aromatic rings. The summed E-state index contributed by atoms with van der Waals surface area (Å²) < 4.78 is 2.18. The predicted molar refractivity (Wildman–Crippen MR) is 91.8 cm³/mol. The minimum Gasteiger partial charge on any atom is -0.292 e. The van der Waals surface area contributed by atoms with Crippen molar-refractivity contribution in [1.82, 2.24) is 9.55 Å². The van der Waals surface area contributed by atoms with Crippen molar-refractivity contribution in [2.24, 2.45) is 0 Å². The standard InChI is InChI=1S/C16H13BrN2O2S/c1-9-5-12(10(2)22-9)15(20)7-19-8-18-14-4-3-11(17)6-13(14)16(19)21/h3-6,8H,7H2,1-2H3. The number of rotatable bonds is 3. The number of halogens is 1. The molecule has 0 saturated carbocycles. The maximum absolute atomic E-state index is 12.5. The molecule has 22 heavy (non-hydrogen) atoms. The molecule has 6 heteroatoms. The van der Waals surface area contributed by atoms with Gasteiger partial charge in [-0.15, -0.1) is 11.3 Å². The molecule has 112 valence electrons. The van der Waals surface area contributed by atoms with E-state index < -0.39 is 0 Å². The summed E-state index contributed by atoms with van der Waals surface area (Å²) in [7, 11) is 0. The van der Waals surface area contributed by atoms with Crippen molar-refractivity contribution in [2.45, 2.75) is 20.4 Å². The van der Waals surface area contributed by atoms with Crippen LogP contribution in [0.1, 0.15) is 20.1 Å². The number of carbonyl (C=O) groups excluding carboxylic acids is 1. The number of carbonyl (C=O) groups is 1. The fourth-order valence-corrected chi connectivity index (χ4v) is 3.69. The molecule has 0 atom stereocenters. The largest absolute Gasteiger partial charge is 0.292 e. The number of ketones is 1. The van der Waals surface area contributed by atoms with E-state index in [4.69, 9.17) is 0 Å². The van der Waals surface area contributed by atoms with Gasteiger partial charge in [-0.1, -0.05) is 15.9 Å². The third-order valence-corrected chi connectivity index (χ3v) is 4.90. The van der Waals surface area contributed by atoms with Crippen molar-refractivity contribution in [1.29, 1.82) is 0 Å². The number of thiophene rings is 1. The van der Waals surface area contributed by atoms with Crippen molar-refractivity contribution >= 4 is 44.0 Å². The molecule has 0 amide bonds. The summed E-state index contributed by atoms with van der Waals surface area (Å²) in [5, 5.41) is 0.503. The van der Waals surface area contributed by atoms with Crippen LogP contribution in [0.3, 0.4) is 0 Å². The SMILES string of the molecule is Cc1cc(C(=O)Cn2cnc3ccc(Br)cc3c2=O)c(C)s1. The molecular formula is C16H13BrN2O2S. The average Bonchev–Trinajstić information content (AvgIpc) is 2.81. The van der Waals surface area contributed by atoms with Crippen LogP contribution in [0.4, 0.5) is 0 Å². The van der Waals surface area contributed by atoms with Crippen LogP contribution in [-0.2, 0) is 6.54 Å². The predicted octanol–water partition coefficient (Wildman–Crippen LogP) is 3.72. The van der Waals surface area contributed by atoms with Crippen LogP contribution in [0.5, 0.6) is 0 Å². The Morgan fingerprint density at radius 2 is 2.09 bits per heavy atom. The highest BCUT2D eigenvalue weighted by Gasteiger charge is 2.14. The van der Waals surface area contributed by atoms with Crippen molar-refractivity contribution in [3.8, 4) is 0 Å². The summed E-state index contributed by atoms with van der Waals surface area (Å²) in [4.78, 5) is 31.2. The number of benzene rings is 1. The van der Waals surface area contributed by atoms with E-state index in [9.17, 15) is 9.59 Å². The zero-order valence-electron chi connectivity index (χ0n) is 12.1. The fraction of sp³-hybridized carbons (Fsp3) is 0.188. The molecule has 0 saturated heterocycles. The molecular weight excluding hydrogens is 364 g/mol. The molecule has 2 aromatic heterocycles. The van der Waals surface area contributed by atoms with Gasteiger partial charge in [0.05, 0.1) is 23.8 Å². The second-order valence-corrected chi connectivity index (χ2v) is 7.47. The molecule has 4 nitrogen and oxygen atoms in total. The van der Waals surface area contributed by atoms with Crippen molar-refractivity contribution in [2.75, 3.05) is 0 Å². The maximum Gasteiger partial charge on any atom is 0.261 e. The summed E-state index contributed by atoms with van der Waals surface area (Å²) >= 11 is 4.94. The van der Waals surface area contributed by atoms with Crippen molar-refractivity contribution in [3.63, 3.8) is 0 Å². The molecule has 0 radical (unpaired) electrons. The van der Waals surface area contributed by atoms with Crippen LogP contribution in [0, 0.1) is 13.8 Å². The van der Waals surface area contributed by atoms with Gasteiger partial charge in [0.15, 0.2) is 5.78 Å². The highest BCUT2D eigenvalue weighted by molar-refractivity contribution is 9.10. The Labute approximate surface area is 139 Å². The Balaban J connectivity index is 2.01. The van der Waals surface area contributed by atoms with Crippen LogP contribution in [-0.4, -0.2) is 15.3 Å². The smallest absolute Gasteiger partial charge is 0.261 e. The molecule has 0 aliphatic carbocycles. The Bertz CT molecular complexity index is 943. The minimum absolute atomic E-state index is 0.00526. The number of aromatic nitrogens is 2. The van der Waals surface area contributed by atoms with Crippen LogP contribution >= 0.6 is 27.3 Å². The monoisotopic (exact) mass is 376 g/mol. The zero-order valence-corrected chi connectivity index (χ0v) is 14.5. The lowest BCUT2D eigenvalue weighted by atomic mass is 10.1. The van der Waals surface area contributed by atoms with E-state index in [0.717, 1.165) is 14.2 Å². The van der Waals surface area contributed by atoms with E-state index in [1.54, 1.807) is 23.5 Å². The Kier molecular flexibility index (Phi) is 3.97. The Morgan fingerprint density at radius 1 is 1.32 bits per heavy atom. The number of Topliss-reactive ketones (excluding diaryl/α,β-unsaturated/α-hetero) is 1. The van der Waals surface area contributed by atoms with E-state index in [-0.39, 0.29) is 17.9 Å². The first-order chi connectivity index (χ1) is 10.5. The molecule has 3 rings (SSSR count). The van der Waals surface area contributed by atoms with Crippen molar-refractivity contribution < 1.29 is 4.79 Å². The Hall–Kier alpha value is -1.79. The lowest BCUT2D eigenvalue weighted by Crippen LogP contribution is -2.24. The van der Waals surface area contributed by atoms with Gasteiger partial charge < -0.3 is 0 Å². The highest BCUT2D eigenvalue weighted by atomic mass is 79.9. The first-order valence-electron chi connectivity index (χ1n) is 6.70. The summed E-state index contributed by atoms with van der Waals surface area (Å²) in [5.74, 6) is -0.0694. The quantitative estimate of drug-likeness (QED) is 0.654. The third kappa shape index (κ3) is 2.76. The second kappa shape index (κ2) is 5.78. The normalized spacial score (nSPS) is 11.0. The van der Waals surface area contributed by atoms with Gasteiger partial charge in [0, 0.05) is 19.8 Å². The molecule has 0 spiro atoms. The molecule has 0 aliphatic rings. The minimum atomic E-state index is -0.204. The summed E-state index contributed by atoms with van der Waals surface area (Å²) in [5.41, 5.74) is 1.10. The van der Waals surface area contributed by atoms with Crippen LogP contribution in [0.2, 0.25) is 0 Å². The van der Waals surface area contributed by atoms with Gasteiger partial charge in [0.1, 0.15) is 0 Å². The highest BCUT2D eigenvalue weighted by Crippen LogP contribution is 2.21. The van der Waals surface area contributed by atoms with E-state index >= 15 is 0 Å². The number of fused-ring (bicyclic) bond motifs is 1. The topological polar surface area (TPSA) is 52.0 Å². The van der Waals surface area contributed by atoms with Gasteiger partial charge in [0.25, 0.3) is 5.56 Å². The van der Waals surface area contributed by atoms with Gasteiger partial charge in [-0.05, 0) is 38.1 Å². The van der Waals surface area contributed by atoms with E-state index in [1.807, 2.05) is 26.0 Å². The molecule has 0 fully saturated rings. The molecule has 2 heterocycles. The first-order valence-corrected chi connectivity index (χ1v) is 8.31. The lowest BCUT2D eigenvalue weighted by molar-refractivity contribution is 0.0970. The van der Waals surface area contributed by atoms with Crippen LogP contribution in [0.15, 0.2) is 39.9 Å². The number of hydrogen-bond acceptors (Lipinski definition) is 4. The van der Waals surface area contributed by atoms with Gasteiger partial charge >= 0.3 is 0 Å². The average molecular weight is 377 g/mol. The zero-order chi connectivity index (χ0) is 15.9. The van der Waals surface area contributed by atoms with Gasteiger partial charge in [-0.2, -0.15) is 0 Å². The number of aryl methyl sites for hydroxylation is 2. The van der Waals surface area contributed by atoms with Gasteiger partial charge in [-0.3, -0.25) is 14.2 Å². The molecule has 0 bridgehead atoms.